The Hall–Kier alpha value is -4.43. The van der Waals surface area contributed by atoms with Gasteiger partial charge >= 0.3 is 12.0 Å². The smallest absolute Gasteiger partial charge is 0.338 e. The molecule has 2 amide bonds. The lowest BCUT2D eigenvalue weighted by Gasteiger charge is -2.38. The number of benzene rings is 3. The number of aliphatic imine (C=N–C) groups is 1. The molecular weight excluding hydrogens is 711 g/mol. The lowest BCUT2D eigenvalue weighted by Crippen LogP contribution is -2.53. The lowest BCUT2D eigenvalue weighted by atomic mass is 9.95. The average Bonchev–Trinajstić information content (AvgIpc) is 3.77. The number of esters is 1. The van der Waals surface area contributed by atoms with Gasteiger partial charge in [-0.3, -0.25) is 14.8 Å². The fraction of sp³-hybridized carbons (Fsp3) is 0.297. The third-order valence-corrected chi connectivity index (χ3v) is 10.9. The number of methoxy groups -OCH3 is 1. The monoisotopic (exact) mass is 746 g/mol. The van der Waals surface area contributed by atoms with E-state index in [4.69, 9.17) is 26.1 Å². The number of rotatable bonds is 10. The number of fused-ring (bicyclic) bond motifs is 1. The zero-order valence-electron chi connectivity index (χ0n) is 28.2. The first-order valence-corrected chi connectivity index (χ1v) is 18.6. The van der Waals surface area contributed by atoms with E-state index < -0.39 is 17.8 Å². The van der Waals surface area contributed by atoms with Crippen molar-refractivity contribution in [1.82, 2.24) is 20.1 Å². The summed E-state index contributed by atoms with van der Waals surface area (Å²) in [7, 11) is 1.32. The van der Waals surface area contributed by atoms with Gasteiger partial charge in [-0.05, 0) is 74.5 Å². The number of halogens is 2. The predicted molar refractivity (Wildman–Crippen MR) is 197 cm³/mol. The summed E-state index contributed by atoms with van der Waals surface area (Å²) in [4.78, 5) is 44.4. The number of amidine groups is 1. The first-order chi connectivity index (χ1) is 24.7. The molecule has 3 aliphatic rings. The van der Waals surface area contributed by atoms with E-state index in [-0.39, 0.29) is 28.8 Å². The molecule has 51 heavy (non-hydrogen) atoms. The number of hydrogen-bond donors (Lipinski definition) is 1. The Morgan fingerprint density at radius 2 is 1.82 bits per heavy atom. The fourth-order valence-corrected chi connectivity index (χ4v) is 8.19. The molecule has 2 fully saturated rings. The van der Waals surface area contributed by atoms with Gasteiger partial charge in [0.25, 0.3) is 0 Å². The standard InChI is InChI=1S/C37H36ClFN6O4S2/c1-22(2)49-26-7-11-28(12-8-26)51-27-9-5-24(6-10-27)45-20-25-19-43(15-16-44(25)37(45)47)21-31-32(36(46)48-3)33(29-13-4-23(39)18-30(29)38)42-34(41-31)35-40-14-17-50-35/h4-14,17-18,22,25,33H,15-16,19-21H2,1-3H3,(H,41,42). The Kier molecular flexibility index (Phi) is 10.3. The first kappa shape index (κ1) is 35.0. The molecule has 10 nitrogen and oxygen atoms in total. The molecule has 2 atom stereocenters. The van der Waals surface area contributed by atoms with Gasteiger partial charge in [-0.15, -0.1) is 11.3 Å². The van der Waals surface area contributed by atoms with Crippen molar-refractivity contribution in [2.45, 2.75) is 41.8 Å². The van der Waals surface area contributed by atoms with Crippen LogP contribution in [0.1, 0.15) is 30.5 Å². The van der Waals surface area contributed by atoms with Crippen molar-refractivity contribution in [3.05, 3.63) is 111 Å². The molecule has 1 aromatic heterocycles. The number of piperazine rings is 1. The minimum absolute atomic E-state index is 0.0183. The zero-order valence-corrected chi connectivity index (χ0v) is 30.6. The van der Waals surface area contributed by atoms with Gasteiger partial charge in [-0.25, -0.2) is 19.0 Å². The van der Waals surface area contributed by atoms with E-state index in [2.05, 4.69) is 15.2 Å². The minimum atomic E-state index is -0.843. The largest absolute Gasteiger partial charge is 0.491 e. The van der Waals surface area contributed by atoms with Gasteiger partial charge in [0.15, 0.2) is 10.8 Å². The summed E-state index contributed by atoms with van der Waals surface area (Å²) in [6.45, 7) is 6.63. The maximum Gasteiger partial charge on any atom is 0.338 e. The molecule has 4 heterocycles. The summed E-state index contributed by atoms with van der Waals surface area (Å²) in [5.74, 6) is 0.274. The molecule has 0 radical (unpaired) electrons. The number of carbonyl (C=O) groups is 2. The average molecular weight is 747 g/mol. The summed E-state index contributed by atoms with van der Waals surface area (Å²) in [5.41, 5.74) is 2.21. The van der Waals surface area contributed by atoms with E-state index in [0.717, 1.165) is 21.2 Å². The maximum absolute atomic E-state index is 14.0. The number of nitrogens with zero attached hydrogens (tertiary/aromatic N) is 5. The summed E-state index contributed by atoms with van der Waals surface area (Å²) in [6.07, 6.45) is 1.80. The first-order valence-electron chi connectivity index (χ1n) is 16.5. The predicted octanol–water partition coefficient (Wildman–Crippen LogP) is 7.02. The van der Waals surface area contributed by atoms with Gasteiger partial charge < -0.3 is 19.7 Å². The van der Waals surface area contributed by atoms with E-state index in [0.29, 0.717) is 54.8 Å². The van der Waals surface area contributed by atoms with Crippen LogP contribution < -0.4 is 15.0 Å². The Balaban J connectivity index is 1.07. The second kappa shape index (κ2) is 15.0. The third-order valence-electron chi connectivity index (χ3n) is 8.82. The van der Waals surface area contributed by atoms with Gasteiger partial charge in [0.1, 0.15) is 17.6 Å². The number of nitrogens with one attached hydrogen (secondary N) is 1. The Morgan fingerprint density at radius 1 is 1.08 bits per heavy atom. The van der Waals surface area contributed by atoms with Crippen molar-refractivity contribution >= 4 is 58.2 Å². The topological polar surface area (TPSA) is 99.6 Å². The molecule has 14 heteroatoms. The van der Waals surface area contributed by atoms with Gasteiger partial charge in [0.05, 0.1) is 24.8 Å². The van der Waals surface area contributed by atoms with Crippen LogP contribution in [0, 0.1) is 5.82 Å². The van der Waals surface area contributed by atoms with Crippen LogP contribution in [0.5, 0.6) is 5.75 Å². The van der Waals surface area contributed by atoms with Gasteiger partial charge in [-0.2, -0.15) is 0 Å². The van der Waals surface area contributed by atoms with E-state index in [9.17, 15) is 14.0 Å². The fourth-order valence-electron chi connectivity index (χ4n) is 6.51. The van der Waals surface area contributed by atoms with Gasteiger partial charge in [0.2, 0.25) is 0 Å². The molecule has 1 N–H and O–H groups in total. The SMILES string of the molecule is COC(=O)C1=C(CN2CCN3C(=O)N(c4ccc(Sc5ccc(OC(C)C)cc5)cc4)CC3C2)NC(c2nccs2)=NC1c1ccc(F)cc1Cl. The maximum atomic E-state index is 14.0. The molecule has 0 bridgehead atoms. The zero-order chi connectivity index (χ0) is 35.6. The van der Waals surface area contributed by atoms with Crippen molar-refractivity contribution in [3.8, 4) is 5.75 Å². The van der Waals surface area contributed by atoms with Gasteiger partial charge in [0, 0.05) is 76.1 Å². The van der Waals surface area contributed by atoms with Crippen LogP contribution in [0.15, 0.2) is 104 Å². The normalized spacial score (nSPS) is 19.3. The number of amides is 2. The lowest BCUT2D eigenvalue weighted by molar-refractivity contribution is -0.136. The Morgan fingerprint density at radius 3 is 2.49 bits per heavy atom. The number of ether oxygens (including phenoxy) is 2. The molecule has 2 saturated heterocycles. The minimum Gasteiger partial charge on any atom is -0.491 e. The van der Waals surface area contributed by atoms with Crippen LogP contribution in [-0.2, 0) is 9.53 Å². The molecule has 3 aromatic carbocycles. The second-order valence-electron chi connectivity index (χ2n) is 12.6. The van der Waals surface area contributed by atoms with E-state index >= 15 is 0 Å². The number of aromatic nitrogens is 1. The summed E-state index contributed by atoms with van der Waals surface area (Å²) in [6, 6.07) is 19.2. The summed E-state index contributed by atoms with van der Waals surface area (Å²) < 4.78 is 25.0. The molecule has 0 spiro atoms. The van der Waals surface area contributed by atoms with Crippen LogP contribution in [0.4, 0.5) is 14.9 Å². The highest BCUT2D eigenvalue weighted by molar-refractivity contribution is 7.99. The summed E-state index contributed by atoms with van der Waals surface area (Å²) in [5, 5.41) is 5.99. The molecule has 2 unspecified atom stereocenters. The van der Waals surface area contributed by atoms with Crippen molar-refractivity contribution in [1.29, 1.82) is 0 Å². The highest BCUT2D eigenvalue weighted by atomic mass is 35.5. The van der Waals surface area contributed by atoms with Crippen LogP contribution in [-0.4, -0.2) is 84.6 Å². The third kappa shape index (κ3) is 7.62. The molecular formula is C37H36ClFN6O4S2. The van der Waals surface area contributed by atoms with E-state index in [1.165, 1.54) is 30.6 Å². The van der Waals surface area contributed by atoms with Crippen molar-refractivity contribution in [2.75, 3.05) is 44.7 Å². The molecule has 7 rings (SSSR count). The van der Waals surface area contributed by atoms with Crippen molar-refractivity contribution in [2.24, 2.45) is 4.99 Å². The van der Waals surface area contributed by atoms with Crippen molar-refractivity contribution < 1.29 is 23.5 Å². The summed E-state index contributed by atoms with van der Waals surface area (Å²) >= 11 is 9.57. The number of urea groups is 1. The van der Waals surface area contributed by atoms with E-state index in [1.807, 2.05) is 77.6 Å². The van der Waals surface area contributed by atoms with Crippen LogP contribution in [0.3, 0.4) is 0 Å². The van der Waals surface area contributed by atoms with Gasteiger partial charge in [-0.1, -0.05) is 29.4 Å². The molecule has 0 aliphatic carbocycles. The highest BCUT2D eigenvalue weighted by Crippen LogP contribution is 2.38. The number of carbonyl (C=O) groups excluding carboxylic acids is 2. The number of anilines is 1. The highest BCUT2D eigenvalue weighted by Gasteiger charge is 2.42. The molecule has 4 aromatic rings. The molecule has 3 aliphatic heterocycles. The van der Waals surface area contributed by atoms with Crippen LogP contribution in [0.25, 0.3) is 0 Å². The number of thiazole rings is 1. The number of hydrogen-bond acceptors (Lipinski definition) is 10. The Bertz CT molecular complexity index is 1970. The van der Waals surface area contributed by atoms with Crippen LogP contribution >= 0.6 is 34.7 Å². The van der Waals surface area contributed by atoms with Crippen LogP contribution in [0.2, 0.25) is 5.02 Å². The van der Waals surface area contributed by atoms with Crippen molar-refractivity contribution in [3.63, 3.8) is 0 Å². The molecule has 0 saturated carbocycles. The quantitative estimate of drug-likeness (QED) is 0.173. The van der Waals surface area contributed by atoms with E-state index in [1.54, 1.807) is 24.0 Å². The second-order valence-corrected chi connectivity index (χ2v) is 15.1. The Labute approximate surface area is 308 Å². The molecule has 264 valence electrons.